The first-order chi connectivity index (χ1) is 9.24. The minimum atomic E-state index is 0.590. The van der Waals surface area contributed by atoms with Gasteiger partial charge in [0.15, 0.2) is 0 Å². The molecule has 0 bridgehead atoms. The van der Waals surface area contributed by atoms with Gasteiger partial charge in [-0.15, -0.1) is 0 Å². The molecule has 5 heteroatoms. The van der Waals surface area contributed by atoms with Gasteiger partial charge in [0.05, 0.1) is 18.1 Å². The third kappa shape index (κ3) is 3.64. The molecule has 0 radical (unpaired) electrons. The van der Waals surface area contributed by atoms with Crippen LogP contribution in [0, 0.1) is 0 Å². The van der Waals surface area contributed by atoms with Crippen molar-refractivity contribution in [2.75, 3.05) is 38.6 Å². The number of anilines is 1. The van der Waals surface area contributed by atoms with Crippen LogP contribution < -0.4 is 10.2 Å². The summed E-state index contributed by atoms with van der Waals surface area (Å²) in [6, 6.07) is 0.590. The Morgan fingerprint density at radius 1 is 1.32 bits per heavy atom. The van der Waals surface area contributed by atoms with Crippen molar-refractivity contribution >= 4 is 5.82 Å². The Kier molecular flexibility index (Phi) is 5.10. The van der Waals surface area contributed by atoms with E-state index in [1.54, 1.807) is 0 Å². The second-order valence-electron chi connectivity index (χ2n) is 5.17. The van der Waals surface area contributed by atoms with Crippen molar-refractivity contribution in [1.29, 1.82) is 0 Å². The summed E-state index contributed by atoms with van der Waals surface area (Å²) in [7, 11) is 4.05. The lowest BCUT2D eigenvalue weighted by Crippen LogP contribution is -2.43. The molecule has 1 aliphatic rings. The number of likely N-dealkylation sites (tertiary alicyclic amines) is 1. The molecular formula is C14H25N5. The zero-order valence-corrected chi connectivity index (χ0v) is 12.3. The zero-order valence-electron chi connectivity index (χ0n) is 12.3. The smallest absolute Gasteiger partial charge is 0.147 e. The van der Waals surface area contributed by atoms with Crippen molar-refractivity contribution in [3.05, 3.63) is 18.1 Å². The molecule has 2 heterocycles. The molecule has 0 unspecified atom stereocenters. The Bertz CT molecular complexity index is 370. The largest absolute Gasteiger partial charge is 0.355 e. The molecule has 0 aromatic carbocycles. The number of piperidine rings is 1. The van der Waals surface area contributed by atoms with Gasteiger partial charge in [0, 0.05) is 32.7 Å². The molecule has 1 saturated heterocycles. The van der Waals surface area contributed by atoms with E-state index in [1.165, 1.54) is 25.9 Å². The Hall–Kier alpha value is -1.20. The molecule has 0 atom stereocenters. The Labute approximate surface area is 116 Å². The lowest BCUT2D eigenvalue weighted by atomic mass is 10.0. The minimum absolute atomic E-state index is 0.590. The van der Waals surface area contributed by atoms with Gasteiger partial charge in [0.2, 0.25) is 0 Å². The highest BCUT2D eigenvalue weighted by Crippen LogP contribution is 2.19. The van der Waals surface area contributed by atoms with Gasteiger partial charge in [-0.3, -0.25) is 4.98 Å². The number of rotatable bonds is 5. The highest BCUT2D eigenvalue weighted by molar-refractivity contribution is 5.36. The van der Waals surface area contributed by atoms with Crippen LogP contribution in [0.2, 0.25) is 0 Å². The maximum Gasteiger partial charge on any atom is 0.147 e. The minimum Gasteiger partial charge on any atom is -0.355 e. The molecule has 19 heavy (non-hydrogen) atoms. The van der Waals surface area contributed by atoms with E-state index in [-0.39, 0.29) is 0 Å². The van der Waals surface area contributed by atoms with Gasteiger partial charge in [0.25, 0.3) is 0 Å². The van der Waals surface area contributed by atoms with Crippen LogP contribution in [-0.2, 0) is 6.54 Å². The van der Waals surface area contributed by atoms with Gasteiger partial charge in [-0.05, 0) is 26.4 Å². The van der Waals surface area contributed by atoms with Gasteiger partial charge in [-0.1, -0.05) is 6.92 Å². The van der Waals surface area contributed by atoms with Gasteiger partial charge < -0.3 is 15.1 Å². The number of hydrogen-bond donors (Lipinski definition) is 1. The van der Waals surface area contributed by atoms with Crippen LogP contribution in [0.3, 0.4) is 0 Å². The molecule has 1 aromatic rings. The number of nitrogens with one attached hydrogen (secondary N) is 1. The van der Waals surface area contributed by atoms with Crippen LogP contribution >= 0.6 is 0 Å². The maximum atomic E-state index is 4.52. The molecule has 0 amide bonds. The highest BCUT2D eigenvalue weighted by atomic mass is 15.2. The van der Waals surface area contributed by atoms with Crippen LogP contribution in [0.15, 0.2) is 12.4 Å². The van der Waals surface area contributed by atoms with E-state index in [1.807, 2.05) is 19.4 Å². The molecule has 0 aliphatic carbocycles. The third-order valence-electron chi connectivity index (χ3n) is 3.96. The first-order valence-electron chi connectivity index (χ1n) is 7.15. The predicted octanol–water partition coefficient (Wildman–Crippen LogP) is 1.12. The van der Waals surface area contributed by atoms with Crippen LogP contribution in [0.4, 0.5) is 5.82 Å². The summed E-state index contributed by atoms with van der Waals surface area (Å²) in [5, 5.41) is 3.09. The standard InChI is InChI=1S/C14H25N5/c1-4-19-7-5-13(6-8-19)18(3)14-11-16-12(9-15-2)10-17-14/h10-11,13,15H,4-9H2,1-3H3. The van der Waals surface area contributed by atoms with E-state index in [0.717, 1.165) is 24.6 Å². The molecule has 0 saturated carbocycles. The van der Waals surface area contributed by atoms with E-state index < -0.39 is 0 Å². The summed E-state index contributed by atoms with van der Waals surface area (Å²) < 4.78 is 0. The lowest BCUT2D eigenvalue weighted by molar-refractivity contribution is 0.220. The van der Waals surface area contributed by atoms with E-state index in [0.29, 0.717) is 6.04 Å². The van der Waals surface area contributed by atoms with Gasteiger partial charge in [-0.2, -0.15) is 0 Å². The summed E-state index contributed by atoms with van der Waals surface area (Å²) in [5.41, 5.74) is 0.987. The van der Waals surface area contributed by atoms with Crippen molar-refractivity contribution in [3.8, 4) is 0 Å². The Morgan fingerprint density at radius 2 is 2.05 bits per heavy atom. The summed E-state index contributed by atoms with van der Waals surface area (Å²) in [4.78, 5) is 13.7. The van der Waals surface area contributed by atoms with Crippen molar-refractivity contribution in [1.82, 2.24) is 20.2 Å². The normalized spacial score (nSPS) is 17.6. The fraction of sp³-hybridized carbons (Fsp3) is 0.714. The molecule has 1 fully saturated rings. The van der Waals surface area contributed by atoms with Gasteiger partial charge in [-0.25, -0.2) is 4.98 Å². The number of aromatic nitrogens is 2. The van der Waals surface area contributed by atoms with Crippen molar-refractivity contribution in [2.24, 2.45) is 0 Å². The fourth-order valence-corrected chi connectivity index (χ4v) is 2.61. The topological polar surface area (TPSA) is 44.3 Å². The summed E-state index contributed by atoms with van der Waals surface area (Å²) in [6.07, 6.45) is 6.18. The first-order valence-corrected chi connectivity index (χ1v) is 7.15. The Balaban J connectivity index is 1.94. The Morgan fingerprint density at radius 3 is 2.58 bits per heavy atom. The van der Waals surface area contributed by atoms with E-state index in [9.17, 15) is 0 Å². The van der Waals surface area contributed by atoms with E-state index in [2.05, 4.69) is 39.1 Å². The van der Waals surface area contributed by atoms with Crippen molar-refractivity contribution in [2.45, 2.75) is 32.4 Å². The first kappa shape index (κ1) is 14.2. The van der Waals surface area contributed by atoms with Crippen LogP contribution in [0.1, 0.15) is 25.5 Å². The molecule has 106 valence electrons. The molecule has 2 rings (SSSR count). The third-order valence-corrected chi connectivity index (χ3v) is 3.96. The maximum absolute atomic E-state index is 4.52. The van der Waals surface area contributed by atoms with E-state index >= 15 is 0 Å². The van der Waals surface area contributed by atoms with Crippen molar-refractivity contribution < 1.29 is 0 Å². The lowest BCUT2D eigenvalue weighted by Gasteiger charge is -2.36. The molecule has 1 aliphatic heterocycles. The monoisotopic (exact) mass is 263 g/mol. The van der Waals surface area contributed by atoms with Crippen LogP contribution in [0.25, 0.3) is 0 Å². The van der Waals surface area contributed by atoms with Crippen molar-refractivity contribution in [3.63, 3.8) is 0 Å². The zero-order chi connectivity index (χ0) is 13.7. The SMILES string of the molecule is CCN1CCC(N(C)c2cnc(CNC)cn2)CC1. The fourth-order valence-electron chi connectivity index (χ4n) is 2.61. The van der Waals surface area contributed by atoms with E-state index in [4.69, 9.17) is 0 Å². The highest BCUT2D eigenvalue weighted by Gasteiger charge is 2.22. The number of nitrogens with zero attached hydrogens (tertiary/aromatic N) is 4. The molecule has 5 nitrogen and oxygen atoms in total. The summed E-state index contributed by atoms with van der Waals surface area (Å²) in [6.45, 7) is 6.55. The molecule has 1 N–H and O–H groups in total. The molecule has 0 spiro atoms. The summed E-state index contributed by atoms with van der Waals surface area (Å²) >= 11 is 0. The van der Waals surface area contributed by atoms with Gasteiger partial charge in [0.1, 0.15) is 5.82 Å². The summed E-state index contributed by atoms with van der Waals surface area (Å²) in [5.74, 6) is 0.981. The average Bonchev–Trinajstić information content (AvgIpc) is 2.48. The second-order valence-corrected chi connectivity index (χ2v) is 5.17. The van der Waals surface area contributed by atoms with Crippen LogP contribution in [-0.4, -0.2) is 54.6 Å². The number of hydrogen-bond acceptors (Lipinski definition) is 5. The second kappa shape index (κ2) is 6.82. The molecule has 1 aromatic heterocycles. The van der Waals surface area contributed by atoms with Gasteiger partial charge >= 0.3 is 0 Å². The molecular weight excluding hydrogens is 238 g/mol. The average molecular weight is 263 g/mol. The van der Waals surface area contributed by atoms with Crippen LogP contribution in [0.5, 0.6) is 0 Å². The predicted molar refractivity (Wildman–Crippen MR) is 78.3 cm³/mol. The quantitative estimate of drug-likeness (QED) is 0.862.